The van der Waals surface area contributed by atoms with Crippen molar-refractivity contribution < 1.29 is 0 Å². The number of anilines is 3. The molecule has 0 saturated carbocycles. The first-order valence-corrected chi connectivity index (χ1v) is 22.7. The monoisotopic (exact) mass is 840 g/mol. The molecule has 0 fully saturated rings. The lowest BCUT2D eigenvalue weighted by atomic mass is 9.94. The summed E-state index contributed by atoms with van der Waals surface area (Å²) in [6.07, 6.45) is 2.29. The van der Waals surface area contributed by atoms with Crippen LogP contribution >= 0.6 is 0 Å². The van der Waals surface area contributed by atoms with Crippen LogP contribution in [0.25, 0.3) is 94.0 Å². The molecule has 0 saturated heterocycles. The molecule has 12 aromatic rings. The van der Waals surface area contributed by atoms with Gasteiger partial charge in [-0.25, -0.2) is 0 Å². The van der Waals surface area contributed by atoms with Crippen LogP contribution in [0.4, 0.5) is 17.1 Å². The van der Waals surface area contributed by atoms with E-state index in [4.69, 9.17) is 0 Å². The minimum absolute atomic E-state index is 1.09. The molecular weight excluding hydrogens is 797 g/mol. The molecule has 66 heavy (non-hydrogen) atoms. The van der Waals surface area contributed by atoms with Crippen LogP contribution in [0.3, 0.4) is 0 Å². The predicted octanol–water partition coefficient (Wildman–Crippen LogP) is 17.7. The fourth-order valence-corrected chi connectivity index (χ4v) is 9.77. The van der Waals surface area contributed by atoms with Crippen molar-refractivity contribution in [2.75, 3.05) is 4.90 Å². The number of benzene rings is 10. The van der Waals surface area contributed by atoms with Crippen molar-refractivity contribution in [3.8, 4) is 66.8 Å². The average Bonchev–Trinajstić information content (AvgIpc) is 3.73. The zero-order chi connectivity index (χ0) is 43.8. The maximum absolute atomic E-state index is 2.37. The SMILES string of the molecule is c1ccc(-c2ccc(N(c3ccc(-c4ccc(-c5cccc6c5c(-c5ccccc5)c5cc7ccccc7cn56)cc4)cc3)c3ccc(-c4ccccc4-c4ccccc4)cc3)cc2)cc1. The molecule has 0 N–H and O–H groups in total. The lowest BCUT2D eigenvalue weighted by Crippen LogP contribution is -2.09. The van der Waals surface area contributed by atoms with Crippen LogP contribution in [0.5, 0.6) is 0 Å². The van der Waals surface area contributed by atoms with E-state index in [0.29, 0.717) is 0 Å². The first-order valence-electron chi connectivity index (χ1n) is 22.7. The first kappa shape index (κ1) is 38.9. The second kappa shape index (κ2) is 16.8. The number of aromatic nitrogens is 1. The van der Waals surface area contributed by atoms with Gasteiger partial charge in [0, 0.05) is 34.2 Å². The molecule has 0 spiro atoms. The summed E-state index contributed by atoms with van der Waals surface area (Å²) in [5.41, 5.74) is 20.2. The fourth-order valence-electron chi connectivity index (χ4n) is 9.77. The van der Waals surface area contributed by atoms with Gasteiger partial charge in [0.25, 0.3) is 0 Å². The zero-order valence-corrected chi connectivity index (χ0v) is 36.3. The summed E-state index contributed by atoms with van der Waals surface area (Å²) < 4.78 is 2.37. The van der Waals surface area contributed by atoms with Gasteiger partial charge in [0.05, 0.1) is 11.0 Å². The third kappa shape index (κ3) is 7.12. The van der Waals surface area contributed by atoms with Gasteiger partial charge in [0.1, 0.15) is 0 Å². The van der Waals surface area contributed by atoms with Crippen molar-refractivity contribution >= 4 is 44.3 Å². The highest BCUT2D eigenvalue weighted by molar-refractivity contribution is 6.14. The Morgan fingerprint density at radius 2 is 0.636 bits per heavy atom. The number of rotatable bonds is 9. The first-order chi connectivity index (χ1) is 32.7. The van der Waals surface area contributed by atoms with E-state index < -0.39 is 0 Å². The van der Waals surface area contributed by atoms with Crippen molar-refractivity contribution in [2.45, 2.75) is 0 Å². The van der Waals surface area contributed by atoms with Crippen molar-refractivity contribution in [3.63, 3.8) is 0 Å². The van der Waals surface area contributed by atoms with Gasteiger partial charge < -0.3 is 9.30 Å². The normalized spacial score (nSPS) is 11.3. The van der Waals surface area contributed by atoms with E-state index in [9.17, 15) is 0 Å². The summed E-state index contributed by atoms with van der Waals surface area (Å²) >= 11 is 0. The molecule has 0 aliphatic rings. The topological polar surface area (TPSA) is 7.65 Å². The van der Waals surface area contributed by atoms with Crippen LogP contribution < -0.4 is 4.90 Å². The van der Waals surface area contributed by atoms with E-state index in [-0.39, 0.29) is 0 Å². The Morgan fingerprint density at radius 3 is 1.20 bits per heavy atom. The summed E-state index contributed by atoms with van der Waals surface area (Å²) in [5.74, 6) is 0. The van der Waals surface area contributed by atoms with Gasteiger partial charge in [-0.1, -0.05) is 212 Å². The van der Waals surface area contributed by atoms with Crippen LogP contribution in [0.1, 0.15) is 0 Å². The molecule has 10 aromatic carbocycles. The molecule has 0 bridgehead atoms. The van der Waals surface area contributed by atoms with Crippen LogP contribution in [0, 0.1) is 0 Å². The van der Waals surface area contributed by atoms with E-state index in [1.807, 2.05) is 0 Å². The van der Waals surface area contributed by atoms with Crippen molar-refractivity contribution in [1.82, 2.24) is 4.40 Å². The van der Waals surface area contributed by atoms with E-state index in [1.165, 1.54) is 94.0 Å². The number of pyridine rings is 1. The van der Waals surface area contributed by atoms with E-state index in [0.717, 1.165) is 17.1 Å². The van der Waals surface area contributed by atoms with Gasteiger partial charge >= 0.3 is 0 Å². The molecular formula is C64H44N2. The molecule has 0 radical (unpaired) electrons. The molecule has 0 unspecified atom stereocenters. The highest BCUT2D eigenvalue weighted by Crippen LogP contribution is 2.43. The van der Waals surface area contributed by atoms with Crippen molar-refractivity contribution in [2.24, 2.45) is 0 Å². The summed E-state index contributed by atoms with van der Waals surface area (Å²) in [7, 11) is 0. The molecule has 0 aliphatic heterocycles. The Labute approximate surface area is 385 Å². The maximum atomic E-state index is 2.37. The Morgan fingerprint density at radius 1 is 0.258 bits per heavy atom. The quantitative estimate of drug-likeness (QED) is 0.140. The Bertz CT molecular complexity index is 3630. The predicted molar refractivity (Wildman–Crippen MR) is 280 cm³/mol. The highest BCUT2D eigenvalue weighted by atomic mass is 15.1. The number of hydrogen-bond acceptors (Lipinski definition) is 1. The van der Waals surface area contributed by atoms with Gasteiger partial charge in [0.2, 0.25) is 0 Å². The molecule has 12 rings (SSSR count). The van der Waals surface area contributed by atoms with Crippen molar-refractivity contribution in [1.29, 1.82) is 0 Å². The van der Waals surface area contributed by atoms with Crippen molar-refractivity contribution in [3.05, 3.63) is 267 Å². The second-order valence-corrected chi connectivity index (χ2v) is 16.9. The Hall–Kier alpha value is -8.72. The minimum atomic E-state index is 1.09. The van der Waals surface area contributed by atoms with Gasteiger partial charge in [-0.3, -0.25) is 0 Å². The van der Waals surface area contributed by atoms with Crippen LogP contribution in [-0.2, 0) is 0 Å². The standard InChI is InChI=1S/C64H44N2/c1-4-15-45(16-5-1)47-31-37-55(38-32-47)66(57-41-35-50(36-42-57)59-24-13-12-23-58(59)49-17-6-2-7-18-49)56-39-33-48(34-40-56)46-27-29-51(30-28-46)60-25-14-26-61-64(60)63(52-19-8-3-9-20-52)62-43-53-21-10-11-22-54(53)44-65(61)62/h1-44H. The fraction of sp³-hybridized carbons (Fsp3) is 0. The maximum Gasteiger partial charge on any atom is 0.0547 e. The average molecular weight is 841 g/mol. The summed E-state index contributed by atoms with van der Waals surface area (Å²) in [5, 5.41) is 3.73. The molecule has 2 aromatic heterocycles. The third-order valence-corrected chi connectivity index (χ3v) is 13.0. The van der Waals surface area contributed by atoms with Crippen LogP contribution in [-0.4, -0.2) is 4.40 Å². The zero-order valence-electron chi connectivity index (χ0n) is 36.3. The number of nitrogens with zero attached hydrogens (tertiary/aromatic N) is 2. The van der Waals surface area contributed by atoms with Gasteiger partial charge in [0.15, 0.2) is 0 Å². The second-order valence-electron chi connectivity index (χ2n) is 16.9. The lowest BCUT2D eigenvalue weighted by Gasteiger charge is -2.26. The highest BCUT2D eigenvalue weighted by Gasteiger charge is 2.19. The van der Waals surface area contributed by atoms with E-state index >= 15 is 0 Å². The number of hydrogen-bond donors (Lipinski definition) is 0. The smallest absolute Gasteiger partial charge is 0.0547 e. The minimum Gasteiger partial charge on any atom is -0.315 e. The molecule has 0 aliphatic carbocycles. The molecule has 2 heteroatoms. The molecule has 310 valence electrons. The summed E-state index contributed by atoms with van der Waals surface area (Å²) in [6, 6.07) is 94.4. The third-order valence-electron chi connectivity index (χ3n) is 13.0. The Kier molecular flexibility index (Phi) is 9.89. The van der Waals surface area contributed by atoms with Gasteiger partial charge in [-0.05, 0) is 121 Å². The number of fused-ring (bicyclic) bond motifs is 4. The van der Waals surface area contributed by atoms with E-state index in [2.05, 4.69) is 276 Å². The van der Waals surface area contributed by atoms with E-state index in [1.54, 1.807) is 0 Å². The molecule has 2 nitrogen and oxygen atoms in total. The largest absolute Gasteiger partial charge is 0.315 e. The Balaban J connectivity index is 0.899. The summed E-state index contributed by atoms with van der Waals surface area (Å²) in [4.78, 5) is 2.35. The molecule has 0 amide bonds. The van der Waals surface area contributed by atoms with Crippen LogP contribution in [0.2, 0.25) is 0 Å². The summed E-state index contributed by atoms with van der Waals surface area (Å²) in [6.45, 7) is 0. The molecule has 0 atom stereocenters. The van der Waals surface area contributed by atoms with Gasteiger partial charge in [-0.2, -0.15) is 0 Å². The van der Waals surface area contributed by atoms with Gasteiger partial charge in [-0.15, -0.1) is 0 Å². The van der Waals surface area contributed by atoms with Crippen LogP contribution in [0.15, 0.2) is 267 Å². The lowest BCUT2D eigenvalue weighted by molar-refractivity contribution is 1.28. The molecule has 2 heterocycles.